The molecule has 0 spiro atoms. The predicted molar refractivity (Wildman–Crippen MR) is 65.9 cm³/mol. The molecule has 0 aliphatic heterocycles. The highest BCUT2D eigenvalue weighted by Gasteiger charge is 2.26. The van der Waals surface area contributed by atoms with E-state index >= 15 is 0 Å². The number of halogens is 1. The third-order valence-corrected chi connectivity index (χ3v) is 2.47. The molecule has 0 heterocycles. The van der Waals surface area contributed by atoms with Gasteiger partial charge in [-0.25, -0.2) is 0 Å². The van der Waals surface area contributed by atoms with E-state index in [1.54, 1.807) is 0 Å². The second-order valence-electron chi connectivity index (χ2n) is 4.50. The zero-order valence-corrected chi connectivity index (χ0v) is 11.1. The van der Waals surface area contributed by atoms with Gasteiger partial charge in [-0.1, -0.05) is 22.6 Å². The number of ether oxygens (including phenoxy) is 2. The van der Waals surface area contributed by atoms with Gasteiger partial charge in [-0.15, -0.1) is 0 Å². The molecule has 0 bridgehead atoms. The maximum atomic E-state index is 5.64. The largest absolute Gasteiger partial charge is 0.378 e. The van der Waals surface area contributed by atoms with Crippen molar-refractivity contribution in [2.75, 3.05) is 19.8 Å². The van der Waals surface area contributed by atoms with Gasteiger partial charge in [-0.05, 0) is 26.7 Å². The highest BCUT2D eigenvalue weighted by Crippen LogP contribution is 2.21. The fourth-order valence-corrected chi connectivity index (χ4v) is 1.55. The second-order valence-corrected chi connectivity index (χ2v) is 7.42. The van der Waals surface area contributed by atoms with E-state index in [1.807, 2.05) is 0 Å². The molecule has 0 aromatic carbocycles. The first-order chi connectivity index (χ1) is 6.47. The lowest BCUT2D eigenvalue weighted by Crippen LogP contribution is -2.42. The first kappa shape index (κ1) is 12.7. The van der Waals surface area contributed by atoms with Gasteiger partial charge in [0, 0.05) is 9.46 Å². The Hall–Kier alpha value is 0.610. The van der Waals surface area contributed by atoms with Crippen LogP contribution < -0.4 is 5.73 Å². The molecule has 14 heavy (non-hydrogen) atoms. The maximum absolute atomic E-state index is 5.64. The van der Waals surface area contributed by atoms with Gasteiger partial charge in [0.1, 0.15) is 0 Å². The molecule has 1 fully saturated rings. The highest BCUT2D eigenvalue weighted by molar-refractivity contribution is 14.1. The molecule has 84 valence electrons. The molecule has 0 atom stereocenters. The van der Waals surface area contributed by atoms with Crippen LogP contribution in [0.2, 0.25) is 0 Å². The minimum Gasteiger partial charge on any atom is -0.378 e. The standard InChI is InChI=1S/C10H20INO2/c1-10(2,11)7-13-3-4-14-9-5-8(12)6-9/h8-9H,3-7,12H2,1-2H3/t8-,9+. The zero-order valence-electron chi connectivity index (χ0n) is 8.96. The summed E-state index contributed by atoms with van der Waals surface area (Å²) in [6, 6.07) is 0.370. The van der Waals surface area contributed by atoms with Gasteiger partial charge >= 0.3 is 0 Å². The van der Waals surface area contributed by atoms with Crippen LogP contribution in [0.3, 0.4) is 0 Å². The van der Waals surface area contributed by atoms with Crippen LogP contribution in [0.5, 0.6) is 0 Å². The average Bonchev–Trinajstić information content (AvgIpc) is 1.98. The summed E-state index contributed by atoms with van der Waals surface area (Å²) in [6.07, 6.45) is 2.41. The van der Waals surface area contributed by atoms with Crippen LogP contribution in [0.25, 0.3) is 0 Å². The lowest BCUT2D eigenvalue weighted by atomic mass is 9.90. The molecule has 0 aromatic heterocycles. The molecule has 0 saturated heterocycles. The Morgan fingerprint density at radius 1 is 1.36 bits per heavy atom. The van der Waals surface area contributed by atoms with Crippen molar-refractivity contribution in [2.24, 2.45) is 5.73 Å². The van der Waals surface area contributed by atoms with E-state index in [0.29, 0.717) is 25.4 Å². The Kier molecular flexibility index (Phi) is 5.10. The molecule has 0 radical (unpaired) electrons. The lowest BCUT2D eigenvalue weighted by molar-refractivity contribution is -0.0372. The fourth-order valence-electron chi connectivity index (χ4n) is 1.33. The van der Waals surface area contributed by atoms with Gasteiger partial charge in [0.25, 0.3) is 0 Å². The molecule has 2 N–H and O–H groups in total. The van der Waals surface area contributed by atoms with E-state index in [0.717, 1.165) is 19.4 Å². The maximum Gasteiger partial charge on any atom is 0.0704 e. The number of nitrogens with two attached hydrogens (primary N) is 1. The number of hydrogen-bond donors (Lipinski definition) is 1. The van der Waals surface area contributed by atoms with Gasteiger partial charge in [0.05, 0.1) is 25.9 Å². The van der Waals surface area contributed by atoms with Crippen LogP contribution >= 0.6 is 22.6 Å². The fraction of sp³-hybridized carbons (Fsp3) is 1.00. The van der Waals surface area contributed by atoms with Crippen molar-refractivity contribution in [3.8, 4) is 0 Å². The van der Waals surface area contributed by atoms with Gasteiger partial charge in [0.15, 0.2) is 0 Å². The Bertz CT molecular complexity index is 164. The Morgan fingerprint density at radius 2 is 2.00 bits per heavy atom. The van der Waals surface area contributed by atoms with Gasteiger partial charge in [-0.2, -0.15) is 0 Å². The molecule has 1 aliphatic carbocycles. The van der Waals surface area contributed by atoms with Gasteiger partial charge in [0.2, 0.25) is 0 Å². The zero-order chi connectivity index (χ0) is 10.6. The van der Waals surface area contributed by atoms with Crippen LogP contribution in [0, 0.1) is 0 Å². The number of rotatable bonds is 6. The Labute approximate surface area is 99.8 Å². The van der Waals surface area contributed by atoms with Crippen molar-refractivity contribution in [1.82, 2.24) is 0 Å². The molecule has 4 heteroatoms. The first-order valence-corrected chi connectivity index (χ1v) is 6.19. The third-order valence-electron chi connectivity index (χ3n) is 2.16. The van der Waals surface area contributed by atoms with Crippen LogP contribution in [0.4, 0.5) is 0 Å². The minimum atomic E-state index is 0.219. The summed E-state index contributed by atoms with van der Waals surface area (Å²) in [7, 11) is 0. The van der Waals surface area contributed by atoms with Crippen LogP contribution in [0.1, 0.15) is 26.7 Å². The summed E-state index contributed by atoms with van der Waals surface area (Å²) in [4.78, 5) is 0. The molecular formula is C10H20INO2. The van der Waals surface area contributed by atoms with Crippen molar-refractivity contribution < 1.29 is 9.47 Å². The lowest BCUT2D eigenvalue weighted by Gasteiger charge is -2.32. The normalized spacial score (nSPS) is 27.4. The molecule has 1 aliphatic rings. The monoisotopic (exact) mass is 313 g/mol. The van der Waals surface area contributed by atoms with Crippen molar-refractivity contribution in [2.45, 2.75) is 42.3 Å². The van der Waals surface area contributed by atoms with E-state index in [4.69, 9.17) is 15.2 Å². The summed E-state index contributed by atoms with van der Waals surface area (Å²) in [5.41, 5.74) is 5.64. The molecular weight excluding hydrogens is 293 g/mol. The summed E-state index contributed by atoms with van der Waals surface area (Å²) in [5.74, 6) is 0. The molecule has 3 nitrogen and oxygen atoms in total. The van der Waals surface area contributed by atoms with Crippen molar-refractivity contribution in [1.29, 1.82) is 0 Å². The first-order valence-electron chi connectivity index (χ1n) is 5.11. The summed E-state index contributed by atoms with van der Waals surface area (Å²) >= 11 is 2.38. The second kappa shape index (κ2) is 5.63. The van der Waals surface area contributed by atoms with Crippen molar-refractivity contribution in [3.63, 3.8) is 0 Å². The third kappa shape index (κ3) is 5.48. The van der Waals surface area contributed by atoms with E-state index < -0.39 is 0 Å². The Morgan fingerprint density at radius 3 is 2.50 bits per heavy atom. The molecule has 1 saturated carbocycles. The van der Waals surface area contributed by atoms with Crippen molar-refractivity contribution in [3.05, 3.63) is 0 Å². The highest BCUT2D eigenvalue weighted by atomic mass is 127. The van der Waals surface area contributed by atoms with Gasteiger partial charge < -0.3 is 15.2 Å². The van der Waals surface area contributed by atoms with E-state index in [1.165, 1.54) is 0 Å². The minimum absolute atomic E-state index is 0.219. The van der Waals surface area contributed by atoms with Crippen LogP contribution in [-0.4, -0.2) is 35.4 Å². The summed E-state index contributed by atoms with van der Waals surface area (Å²) in [6.45, 7) is 6.47. The van der Waals surface area contributed by atoms with E-state index in [9.17, 15) is 0 Å². The van der Waals surface area contributed by atoms with E-state index in [-0.39, 0.29) is 3.42 Å². The molecule has 0 amide bonds. The van der Waals surface area contributed by atoms with Crippen molar-refractivity contribution >= 4 is 22.6 Å². The predicted octanol–water partition coefficient (Wildman–Crippen LogP) is 1.72. The number of alkyl halides is 1. The molecule has 0 aromatic rings. The quantitative estimate of drug-likeness (QED) is 0.461. The van der Waals surface area contributed by atoms with Crippen LogP contribution in [-0.2, 0) is 9.47 Å². The Balaban J connectivity index is 1.85. The van der Waals surface area contributed by atoms with E-state index in [2.05, 4.69) is 36.4 Å². The average molecular weight is 313 g/mol. The summed E-state index contributed by atoms with van der Waals surface area (Å²) < 4.78 is 11.3. The SMILES string of the molecule is CC(C)(I)COCCO[C@H]1C[C@@H](N)C1. The van der Waals surface area contributed by atoms with Crippen LogP contribution in [0.15, 0.2) is 0 Å². The molecule has 0 unspecified atom stereocenters. The smallest absolute Gasteiger partial charge is 0.0704 e. The molecule has 1 rings (SSSR count). The number of hydrogen-bond acceptors (Lipinski definition) is 3. The topological polar surface area (TPSA) is 44.5 Å². The van der Waals surface area contributed by atoms with Gasteiger partial charge in [-0.3, -0.25) is 0 Å². The summed E-state index contributed by atoms with van der Waals surface area (Å²) in [5, 5.41) is 0.